The highest BCUT2D eigenvalue weighted by Gasteiger charge is 2.52. The van der Waals surface area contributed by atoms with Crippen molar-refractivity contribution in [2.75, 3.05) is 51.3 Å². The number of ether oxygens (including phenoxy) is 1. The Kier molecular flexibility index (Phi) is 30.1. The molecule has 2 aromatic rings. The number of allylic oxidation sites excluding steroid dienone is 4. The number of carbonyl (C=O) groups excluding carboxylic acids is 7. The predicted molar refractivity (Wildman–Crippen MR) is 406 cm³/mol. The van der Waals surface area contributed by atoms with Gasteiger partial charge in [-0.1, -0.05) is 88.8 Å². The third kappa shape index (κ3) is 22.7. The number of aliphatic imine (C=N–C) groups is 2. The Morgan fingerprint density at radius 2 is 1.51 bits per heavy atom. The van der Waals surface area contributed by atoms with Gasteiger partial charge < -0.3 is 91.0 Å². The van der Waals surface area contributed by atoms with Crippen LogP contribution in [0.3, 0.4) is 0 Å². The molecule has 5 aliphatic heterocycles. The van der Waals surface area contributed by atoms with Crippen molar-refractivity contribution >= 4 is 116 Å². The fraction of sp³-hybridized carbons (Fsp3) is 0.521. The average molecular weight is 1660 g/mol. The number of carbonyl (C=O) groups is 10. The summed E-state index contributed by atoms with van der Waals surface area (Å²) in [5.41, 5.74) is 15.8. The van der Waals surface area contributed by atoms with Crippen LogP contribution in [-0.2, 0) is 87.6 Å². The van der Waals surface area contributed by atoms with Crippen LogP contribution in [-0.4, -0.2) is 230 Å². The van der Waals surface area contributed by atoms with Crippen molar-refractivity contribution in [2.24, 2.45) is 21.6 Å². The molecule has 2 bridgehead atoms. The third-order valence-corrected chi connectivity index (χ3v) is 25.8. The number of carboxylic acid groups (broad SMARTS) is 3. The van der Waals surface area contributed by atoms with Gasteiger partial charge in [0.25, 0.3) is 5.91 Å². The van der Waals surface area contributed by atoms with Gasteiger partial charge in [-0.25, -0.2) is 23.5 Å². The number of amides is 7. The molecule has 2 aliphatic carbocycles. The minimum atomic E-state index is -5.93. The first kappa shape index (κ1) is 87.4. The molecule has 5 heterocycles. The number of amidine groups is 1. The molecular formula is C71H92N11O25P3S2. The van der Waals surface area contributed by atoms with Crippen molar-refractivity contribution in [1.29, 1.82) is 0 Å². The fourth-order valence-electron chi connectivity index (χ4n) is 14.5. The van der Waals surface area contributed by atoms with Gasteiger partial charge in [-0.15, -0.1) is 0 Å². The standard InChI is InChI=1S/C71H92N11O25P3S2/c1-6-15-41-32-43-33-44-34-50(73-7-2)40(4)31-48(44)61(47(43)30-39(41)3)45-17-8-9-18-46(45)69(93)79(5)25-13-22-57(85)80-26-12-21-54(80)70(94)81-27-11-20-53(81)68(92)75-49(66(90)76-51(35-59(86)87)67(91)77-52(71(95)96)36-60(88)89)19-14-28-111-112-29-23-56(84)74-24-10-16-42-38-82-58-37-55(83)62(104-58)63(65(82)78-64(42)72)105-109(100,101)107-110(102,103)106-108(97,98)99/h8-9,17-18,30-32,34,38,48-49,51-55,58,61-62,83H,6-7,11-15,19-29,33,35-37H2,1-5H3,(H2,72,78)(H,74,84)(H,75,92)(H,76,90)(H,77,91)(H,86,87)(H,88,89)(H,95,96)(H,100,101)(H,102,103)(H2,97,98,99)/t48?,49?,51?,52?,53?,54?,55?,58-,61?,62+/m1/s1. The van der Waals surface area contributed by atoms with Crippen molar-refractivity contribution in [3.05, 3.63) is 116 Å². The van der Waals surface area contributed by atoms with E-state index in [1.807, 2.05) is 36.5 Å². The Balaban J connectivity index is 0.793. The molecule has 7 amide bonds. The highest BCUT2D eigenvalue weighted by molar-refractivity contribution is 8.76. The molecule has 7 aliphatic rings. The average Bonchev–Trinajstić information content (AvgIpc) is 1.42. The van der Waals surface area contributed by atoms with Gasteiger partial charge in [-0.2, -0.15) is 8.62 Å². The van der Waals surface area contributed by atoms with Crippen LogP contribution in [0.25, 0.3) is 0 Å². The molecule has 0 spiro atoms. The SMILES string of the molecule is CCCc1cc2c(cc1C)C(c1ccccc1C(=O)N(C)CCCC(=O)N1CCCC1C(=O)N1CCCC1C(=O)NC(CCCSSCCC(=O)NCC#CC1=CN3C(=C(OP(=O)(O)OP(=O)(O)OP(=O)(O)O)[C@H]4O[C@@H]3CC4O)N=C1N)C(=O)NC(CC(=O)O)C(=O)NC(CC(=O)O)C(=O)O)C1C=C(C)C(=NCC)C=C1C2. The Morgan fingerprint density at radius 3 is 2.21 bits per heavy atom. The molecule has 112 heavy (non-hydrogen) atoms. The number of likely N-dealkylation sites (tertiary alicyclic amines) is 2. The molecule has 12 atom stereocenters. The maximum atomic E-state index is 14.7. The molecule has 0 aromatic heterocycles. The number of aliphatic hydroxyl groups is 1. The summed E-state index contributed by atoms with van der Waals surface area (Å²) in [7, 11) is -13.2. The van der Waals surface area contributed by atoms with Gasteiger partial charge in [0.15, 0.2) is 11.6 Å². The van der Waals surface area contributed by atoms with Gasteiger partial charge in [0, 0.05) is 87.6 Å². The van der Waals surface area contributed by atoms with Gasteiger partial charge in [-0.05, 0) is 124 Å². The summed E-state index contributed by atoms with van der Waals surface area (Å²) >= 11 is 0. The molecule has 608 valence electrons. The molecule has 14 N–H and O–H groups in total. The normalized spacial score (nSPS) is 22.6. The summed E-state index contributed by atoms with van der Waals surface area (Å²) in [5.74, 6) is -5.22. The van der Waals surface area contributed by atoms with Gasteiger partial charge in [0.2, 0.25) is 35.4 Å². The van der Waals surface area contributed by atoms with Gasteiger partial charge in [0.05, 0.1) is 36.8 Å². The first-order valence-electron chi connectivity index (χ1n) is 36.3. The summed E-state index contributed by atoms with van der Waals surface area (Å²) in [6.45, 7) is 9.43. The highest BCUT2D eigenvalue weighted by atomic mass is 33.1. The summed E-state index contributed by atoms with van der Waals surface area (Å²) in [5, 5.41) is 48.8. The smallest absolute Gasteiger partial charge is 0.481 e. The van der Waals surface area contributed by atoms with E-state index in [9.17, 15) is 91.9 Å². The number of carboxylic acids is 3. The van der Waals surface area contributed by atoms with Crippen LogP contribution in [0.4, 0.5) is 0 Å². The number of aliphatic carboxylic acids is 3. The van der Waals surface area contributed by atoms with Gasteiger partial charge in [0.1, 0.15) is 48.4 Å². The second kappa shape index (κ2) is 38.5. The number of hydrogen-bond donors (Lipinski definition) is 13. The number of aryl methyl sites for hydroxylation is 2. The molecule has 36 nitrogen and oxygen atoms in total. The van der Waals surface area contributed by atoms with Crippen LogP contribution in [0.5, 0.6) is 0 Å². The van der Waals surface area contributed by atoms with Crippen molar-refractivity contribution in [1.82, 2.24) is 40.9 Å². The Bertz CT molecular complexity index is 4440. The van der Waals surface area contributed by atoms with Crippen LogP contribution < -0.4 is 27.0 Å². The lowest BCUT2D eigenvalue weighted by Crippen LogP contribution is -2.58. The van der Waals surface area contributed by atoms with Crippen LogP contribution >= 0.6 is 45.1 Å². The van der Waals surface area contributed by atoms with E-state index in [1.165, 1.54) is 70.3 Å². The first-order chi connectivity index (χ1) is 53.0. The zero-order valence-electron chi connectivity index (χ0n) is 62.0. The number of hydrogen-bond acceptors (Lipinski definition) is 24. The Hall–Kier alpha value is -8.53. The van der Waals surface area contributed by atoms with Crippen LogP contribution in [0.1, 0.15) is 148 Å². The topological polar surface area (TPSA) is 532 Å². The van der Waals surface area contributed by atoms with Crippen LogP contribution in [0, 0.1) is 24.7 Å². The molecule has 3 saturated heterocycles. The highest BCUT2D eigenvalue weighted by Crippen LogP contribution is 2.67. The Labute approximate surface area is 652 Å². The minimum absolute atomic E-state index is 0.00127. The number of nitrogens with one attached hydrogen (secondary N) is 4. The summed E-state index contributed by atoms with van der Waals surface area (Å²) in [6.07, 6.45) is 3.86. The summed E-state index contributed by atoms with van der Waals surface area (Å²) < 4.78 is 54.1. The first-order valence-corrected chi connectivity index (χ1v) is 43.3. The minimum Gasteiger partial charge on any atom is -0.481 e. The van der Waals surface area contributed by atoms with Gasteiger partial charge in [-0.3, -0.25) is 53.0 Å². The maximum absolute atomic E-state index is 14.7. The van der Waals surface area contributed by atoms with Gasteiger partial charge >= 0.3 is 41.4 Å². The zero-order valence-corrected chi connectivity index (χ0v) is 66.3. The zero-order chi connectivity index (χ0) is 81.7. The van der Waals surface area contributed by atoms with Crippen molar-refractivity contribution in [3.63, 3.8) is 0 Å². The number of fused-ring (bicyclic) bond motifs is 6. The molecule has 0 saturated carbocycles. The van der Waals surface area contributed by atoms with Crippen LogP contribution in [0.15, 0.2) is 93.0 Å². The Morgan fingerprint density at radius 1 is 0.830 bits per heavy atom. The van der Waals surface area contributed by atoms with Crippen molar-refractivity contribution in [3.8, 4) is 11.8 Å². The number of nitrogens with zero attached hydrogens (tertiary/aromatic N) is 6. The second-order valence-electron chi connectivity index (χ2n) is 27.7. The largest absolute Gasteiger partial charge is 0.536 e. The number of benzene rings is 2. The maximum Gasteiger partial charge on any atom is 0.536 e. The summed E-state index contributed by atoms with van der Waals surface area (Å²) in [6, 6.07) is 4.74. The monoisotopic (exact) mass is 1660 g/mol. The van der Waals surface area contributed by atoms with E-state index in [1.54, 1.807) is 11.9 Å². The lowest BCUT2D eigenvalue weighted by Gasteiger charge is -2.38. The number of nitrogens with two attached hydrogens (primary N) is 1. The lowest BCUT2D eigenvalue weighted by molar-refractivity contribution is -0.148. The molecule has 10 unspecified atom stereocenters. The quantitative estimate of drug-likeness (QED) is 0.0197. The van der Waals surface area contributed by atoms with E-state index in [2.05, 4.69) is 86.5 Å². The molecule has 9 rings (SSSR count). The number of phosphoric ester groups is 1. The number of rotatable bonds is 36. The third-order valence-electron chi connectivity index (χ3n) is 19.6. The molecular weight excluding hydrogens is 1560 g/mol. The summed E-state index contributed by atoms with van der Waals surface area (Å²) in [4.78, 5) is 186. The fourth-order valence-corrected chi connectivity index (χ4v) is 19.6. The molecule has 41 heteroatoms. The van der Waals surface area contributed by atoms with Crippen molar-refractivity contribution in [2.45, 2.75) is 179 Å². The predicted octanol–water partition coefficient (Wildman–Crippen LogP) is 4.15. The molecule has 2 aromatic carbocycles. The van der Waals surface area contributed by atoms with E-state index in [0.717, 1.165) is 36.1 Å². The molecule has 0 radical (unpaired) electrons. The van der Waals surface area contributed by atoms with E-state index in [0.29, 0.717) is 31.4 Å². The van der Waals surface area contributed by atoms with E-state index in [4.69, 9.17) is 29.8 Å². The van der Waals surface area contributed by atoms with Crippen LogP contribution in [0.2, 0.25) is 0 Å². The molecule has 3 fully saturated rings. The number of aliphatic hydroxyl groups excluding tert-OH is 1. The number of phosphoric acid groups is 3. The van der Waals surface area contributed by atoms with E-state index in [-0.39, 0.29) is 124 Å². The van der Waals surface area contributed by atoms with Crippen molar-refractivity contribution < 1.29 is 120 Å². The van der Waals surface area contributed by atoms with E-state index >= 15 is 0 Å². The van der Waals surface area contributed by atoms with E-state index < -0.39 is 138 Å². The lowest BCUT2D eigenvalue weighted by atomic mass is 9.65. The second-order valence-corrected chi connectivity index (χ2v) is 34.7.